The van der Waals surface area contributed by atoms with Gasteiger partial charge in [-0.3, -0.25) is 4.79 Å². The normalized spacial score (nSPS) is 11.2. The number of sulfone groups is 1. The average Bonchev–Trinajstić information content (AvgIpc) is 3.10. The zero-order valence-corrected chi connectivity index (χ0v) is 18.3. The second-order valence-electron chi connectivity index (χ2n) is 6.21. The Morgan fingerprint density at radius 2 is 1.83 bits per heavy atom. The summed E-state index contributed by atoms with van der Waals surface area (Å²) in [4.78, 5) is 12.4. The minimum atomic E-state index is -3.57. The minimum absolute atomic E-state index is 0.0866. The molecule has 0 radical (unpaired) electrons. The number of carbonyl (C=O) groups excluding carboxylic acids is 1. The molecule has 30 heavy (non-hydrogen) atoms. The molecule has 2 aromatic carbocycles. The Balaban J connectivity index is 1.70. The van der Waals surface area contributed by atoms with Crippen molar-refractivity contribution in [3.05, 3.63) is 78.1 Å². The molecule has 0 aliphatic carbocycles. The molecule has 7 nitrogen and oxygen atoms in total. The van der Waals surface area contributed by atoms with E-state index in [-0.39, 0.29) is 22.3 Å². The molecule has 0 unspecified atom stereocenters. The lowest BCUT2D eigenvalue weighted by Crippen LogP contribution is -2.15. The van der Waals surface area contributed by atoms with E-state index in [1.54, 1.807) is 65.2 Å². The molecule has 10 heteroatoms. The summed E-state index contributed by atoms with van der Waals surface area (Å²) < 4.78 is 27.0. The molecule has 3 aromatic rings. The number of halogens is 1. The summed E-state index contributed by atoms with van der Waals surface area (Å²) in [6.45, 7) is 4.03. The van der Waals surface area contributed by atoms with Crippen molar-refractivity contribution >= 4 is 44.8 Å². The number of carbonyl (C=O) groups is 1. The molecule has 0 bridgehead atoms. The van der Waals surface area contributed by atoms with Crippen LogP contribution in [0.15, 0.2) is 77.3 Å². The highest BCUT2D eigenvalue weighted by Gasteiger charge is 2.21. The second kappa shape index (κ2) is 9.92. The maximum atomic E-state index is 12.7. The standard InChI is InChI=1S/C20H19ClN4O3S2/c1-2-12-25-18(14-30(27,28)17-6-4-3-5-7-17)23-24-20(25)29-13-19(26)22-16-10-8-15(21)9-11-16/h2-11H,1,12-14H2,(H,22,26). The van der Waals surface area contributed by atoms with Gasteiger partial charge in [0.05, 0.1) is 10.6 Å². The minimum Gasteiger partial charge on any atom is -0.325 e. The van der Waals surface area contributed by atoms with Crippen molar-refractivity contribution in [2.75, 3.05) is 11.1 Å². The highest BCUT2D eigenvalue weighted by Crippen LogP contribution is 2.21. The highest BCUT2D eigenvalue weighted by atomic mass is 35.5. The van der Waals surface area contributed by atoms with Crippen molar-refractivity contribution in [3.8, 4) is 0 Å². The van der Waals surface area contributed by atoms with E-state index in [4.69, 9.17) is 11.6 Å². The first-order valence-corrected chi connectivity index (χ1v) is 11.9. The highest BCUT2D eigenvalue weighted by molar-refractivity contribution is 7.99. The summed E-state index contributed by atoms with van der Waals surface area (Å²) in [5, 5.41) is 11.9. The summed E-state index contributed by atoms with van der Waals surface area (Å²) in [5.74, 6) is -0.146. The van der Waals surface area contributed by atoms with Gasteiger partial charge in [0.15, 0.2) is 15.0 Å². The van der Waals surface area contributed by atoms with E-state index < -0.39 is 9.84 Å². The number of hydrogen-bond acceptors (Lipinski definition) is 6. The maximum absolute atomic E-state index is 12.7. The van der Waals surface area contributed by atoms with Gasteiger partial charge in [-0.2, -0.15) is 0 Å². The molecule has 0 saturated carbocycles. The molecule has 1 N–H and O–H groups in total. The lowest BCUT2D eigenvalue weighted by Gasteiger charge is -2.09. The van der Waals surface area contributed by atoms with Gasteiger partial charge < -0.3 is 9.88 Å². The number of nitrogens with one attached hydrogen (secondary N) is 1. The number of thioether (sulfide) groups is 1. The van der Waals surface area contributed by atoms with Gasteiger partial charge in [-0.1, -0.05) is 47.6 Å². The second-order valence-corrected chi connectivity index (χ2v) is 9.58. The van der Waals surface area contributed by atoms with Crippen LogP contribution in [0.5, 0.6) is 0 Å². The van der Waals surface area contributed by atoms with Crippen LogP contribution >= 0.6 is 23.4 Å². The lowest BCUT2D eigenvalue weighted by atomic mass is 10.3. The van der Waals surface area contributed by atoms with Gasteiger partial charge in [-0.25, -0.2) is 8.42 Å². The predicted octanol–water partition coefficient (Wildman–Crippen LogP) is 3.82. The molecule has 0 saturated heterocycles. The zero-order valence-electron chi connectivity index (χ0n) is 15.9. The van der Waals surface area contributed by atoms with Crippen LogP contribution in [0.25, 0.3) is 0 Å². The van der Waals surface area contributed by atoms with Crippen molar-refractivity contribution in [1.29, 1.82) is 0 Å². The number of hydrogen-bond donors (Lipinski definition) is 1. The van der Waals surface area contributed by atoms with Gasteiger partial charge in [0.1, 0.15) is 11.6 Å². The van der Waals surface area contributed by atoms with Crippen LogP contribution < -0.4 is 5.32 Å². The number of rotatable bonds is 9. The fourth-order valence-electron chi connectivity index (χ4n) is 2.59. The van der Waals surface area contributed by atoms with Crippen LogP contribution in [0.2, 0.25) is 5.02 Å². The Morgan fingerprint density at radius 3 is 2.50 bits per heavy atom. The van der Waals surface area contributed by atoms with E-state index in [9.17, 15) is 13.2 Å². The Bertz CT molecular complexity index is 1130. The van der Waals surface area contributed by atoms with Gasteiger partial charge in [0, 0.05) is 17.3 Å². The SMILES string of the molecule is C=CCn1c(CS(=O)(=O)c2ccccc2)nnc1SCC(=O)Nc1ccc(Cl)cc1. The van der Waals surface area contributed by atoms with Gasteiger partial charge in [-0.05, 0) is 36.4 Å². The Kier molecular flexibility index (Phi) is 7.30. The molecular formula is C20H19ClN4O3S2. The molecule has 156 valence electrons. The molecule has 1 aromatic heterocycles. The zero-order chi connectivity index (χ0) is 21.6. The fraction of sp³-hybridized carbons (Fsp3) is 0.150. The lowest BCUT2D eigenvalue weighted by molar-refractivity contribution is -0.113. The Morgan fingerprint density at radius 1 is 1.13 bits per heavy atom. The molecule has 0 spiro atoms. The van der Waals surface area contributed by atoms with Crippen molar-refractivity contribution in [2.24, 2.45) is 0 Å². The molecule has 0 aliphatic rings. The third-order valence-electron chi connectivity index (χ3n) is 3.99. The fourth-order valence-corrected chi connectivity index (χ4v) is 4.77. The van der Waals surface area contributed by atoms with E-state index in [1.165, 1.54) is 11.8 Å². The van der Waals surface area contributed by atoms with E-state index in [0.29, 0.717) is 28.2 Å². The summed E-state index contributed by atoms with van der Waals surface area (Å²) in [7, 11) is -3.57. The Hall–Kier alpha value is -2.62. The van der Waals surface area contributed by atoms with Gasteiger partial charge in [0.25, 0.3) is 0 Å². The van der Waals surface area contributed by atoms with E-state index >= 15 is 0 Å². The quantitative estimate of drug-likeness (QED) is 0.383. The van der Waals surface area contributed by atoms with Crippen LogP contribution in [0.1, 0.15) is 5.82 Å². The Labute approximate surface area is 184 Å². The van der Waals surface area contributed by atoms with Gasteiger partial charge in [0.2, 0.25) is 5.91 Å². The smallest absolute Gasteiger partial charge is 0.234 e. The van der Waals surface area contributed by atoms with Crippen LogP contribution in [-0.4, -0.2) is 34.8 Å². The number of allylic oxidation sites excluding steroid dienone is 1. The number of anilines is 1. The van der Waals surface area contributed by atoms with E-state index in [2.05, 4.69) is 22.1 Å². The van der Waals surface area contributed by atoms with Crippen LogP contribution in [0.3, 0.4) is 0 Å². The van der Waals surface area contributed by atoms with Crippen LogP contribution in [0.4, 0.5) is 5.69 Å². The summed E-state index contributed by atoms with van der Waals surface area (Å²) in [6.07, 6.45) is 1.62. The van der Waals surface area contributed by atoms with Crippen LogP contribution in [0, 0.1) is 0 Å². The molecule has 1 amide bonds. The van der Waals surface area contributed by atoms with Crippen molar-refractivity contribution in [2.45, 2.75) is 22.3 Å². The third-order valence-corrected chi connectivity index (χ3v) is 6.83. The van der Waals surface area contributed by atoms with Crippen molar-refractivity contribution < 1.29 is 13.2 Å². The molecule has 0 aliphatic heterocycles. The molecule has 0 fully saturated rings. The van der Waals surface area contributed by atoms with Crippen molar-refractivity contribution in [3.63, 3.8) is 0 Å². The van der Waals surface area contributed by atoms with E-state index in [0.717, 1.165) is 0 Å². The van der Waals surface area contributed by atoms with Crippen LogP contribution in [-0.2, 0) is 26.9 Å². The topological polar surface area (TPSA) is 93.9 Å². The maximum Gasteiger partial charge on any atom is 0.234 e. The predicted molar refractivity (Wildman–Crippen MR) is 118 cm³/mol. The molecule has 0 atom stereocenters. The van der Waals surface area contributed by atoms with Gasteiger partial charge in [-0.15, -0.1) is 16.8 Å². The molecule has 1 heterocycles. The average molecular weight is 463 g/mol. The molecular weight excluding hydrogens is 444 g/mol. The molecule has 3 rings (SSSR count). The first-order chi connectivity index (χ1) is 14.4. The monoisotopic (exact) mass is 462 g/mol. The number of nitrogens with zero attached hydrogens (tertiary/aromatic N) is 3. The first-order valence-electron chi connectivity index (χ1n) is 8.88. The number of benzene rings is 2. The summed E-state index contributed by atoms with van der Waals surface area (Å²) in [5.41, 5.74) is 0.632. The van der Waals surface area contributed by atoms with E-state index in [1.807, 2.05) is 0 Å². The third kappa shape index (κ3) is 5.71. The summed E-state index contributed by atoms with van der Waals surface area (Å²) in [6, 6.07) is 15.0. The van der Waals surface area contributed by atoms with Gasteiger partial charge >= 0.3 is 0 Å². The largest absolute Gasteiger partial charge is 0.325 e. The first kappa shape index (κ1) is 22.1. The number of amides is 1. The number of aromatic nitrogens is 3. The summed E-state index contributed by atoms with van der Waals surface area (Å²) >= 11 is 7.01. The van der Waals surface area contributed by atoms with Crippen molar-refractivity contribution in [1.82, 2.24) is 14.8 Å².